The molecule has 0 amide bonds. The van der Waals surface area contributed by atoms with Crippen molar-refractivity contribution in [2.45, 2.75) is 43.9 Å². The first-order chi connectivity index (χ1) is 8.64. The van der Waals surface area contributed by atoms with Crippen LogP contribution in [-0.4, -0.2) is 23.1 Å². The highest BCUT2D eigenvalue weighted by Crippen LogP contribution is 2.41. The van der Waals surface area contributed by atoms with Gasteiger partial charge < -0.3 is 5.32 Å². The van der Waals surface area contributed by atoms with Crippen LogP contribution in [0.1, 0.15) is 32.3 Å². The van der Waals surface area contributed by atoms with Crippen LogP contribution in [0.25, 0.3) is 0 Å². The topological polar surface area (TPSA) is 12.0 Å². The first-order valence-electron chi connectivity index (χ1n) is 6.76. The van der Waals surface area contributed by atoms with Gasteiger partial charge in [-0.1, -0.05) is 19.1 Å². The molecule has 0 radical (unpaired) electrons. The zero-order valence-corrected chi connectivity index (χ0v) is 14.2. The SMILES string of the molecule is CCNC(Cc1ccc(I)cc1)C1(C)CCCS1. The van der Waals surface area contributed by atoms with Gasteiger partial charge in [-0.25, -0.2) is 0 Å². The summed E-state index contributed by atoms with van der Waals surface area (Å²) in [6.07, 6.45) is 3.86. The van der Waals surface area contributed by atoms with Crippen molar-refractivity contribution in [2.75, 3.05) is 12.3 Å². The van der Waals surface area contributed by atoms with Crippen LogP contribution < -0.4 is 5.32 Å². The normalized spacial score (nSPS) is 25.3. The van der Waals surface area contributed by atoms with E-state index in [4.69, 9.17) is 0 Å². The fourth-order valence-corrected chi connectivity index (χ4v) is 4.45. The van der Waals surface area contributed by atoms with E-state index in [0.717, 1.165) is 13.0 Å². The molecule has 2 atom stereocenters. The highest BCUT2D eigenvalue weighted by Gasteiger charge is 2.37. The molecule has 0 saturated carbocycles. The van der Waals surface area contributed by atoms with Gasteiger partial charge in [0.25, 0.3) is 0 Å². The van der Waals surface area contributed by atoms with Crippen LogP contribution >= 0.6 is 34.4 Å². The van der Waals surface area contributed by atoms with Crippen LogP contribution in [0.15, 0.2) is 24.3 Å². The first kappa shape index (κ1) is 14.7. The Morgan fingerprint density at radius 1 is 1.39 bits per heavy atom. The molecule has 1 nitrogen and oxygen atoms in total. The second kappa shape index (κ2) is 6.62. The number of nitrogens with one attached hydrogen (secondary N) is 1. The smallest absolute Gasteiger partial charge is 0.0288 e. The Labute approximate surface area is 129 Å². The summed E-state index contributed by atoms with van der Waals surface area (Å²) in [5.41, 5.74) is 1.45. The maximum absolute atomic E-state index is 3.71. The zero-order chi connectivity index (χ0) is 13.0. The van der Waals surface area contributed by atoms with Gasteiger partial charge in [-0.15, -0.1) is 0 Å². The van der Waals surface area contributed by atoms with Crippen molar-refractivity contribution in [3.05, 3.63) is 33.4 Å². The van der Waals surface area contributed by atoms with E-state index in [9.17, 15) is 0 Å². The van der Waals surface area contributed by atoms with E-state index in [1.807, 2.05) is 0 Å². The van der Waals surface area contributed by atoms with E-state index in [-0.39, 0.29) is 0 Å². The number of halogens is 1. The zero-order valence-electron chi connectivity index (χ0n) is 11.2. The number of hydrogen-bond donors (Lipinski definition) is 1. The van der Waals surface area contributed by atoms with Crippen molar-refractivity contribution in [2.24, 2.45) is 0 Å². The van der Waals surface area contributed by atoms with E-state index < -0.39 is 0 Å². The highest BCUT2D eigenvalue weighted by molar-refractivity contribution is 14.1. The minimum absolute atomic E-state index is 0.416. The molecule has 100 valence electrons. The number of hydrogen-bond acceptors (Lipinski definition) is 2. The van der Waals surface area contributed by atoms with E-state index in [2.05, 4.69) is 77.8 Å². The summed E-state index contributed by atoms with van der Waals surface area (Å²) in [6, 6.07) is 9.56. The summed E-state index contributed by atoms with van der Waals surface area (Å²) in [7, 11) is 0. The summed E-state index contributed by atoms with van der Waals surface area (Å²) in [5, 5.41) is 3.71. The van der Waals surface area contributed by atoms with E-state index in [1.54, 1.807) is 0 Å². The molecule has 2 unspecified atom stereocenters. The summed E-state index contributed by atoms with van der Waals surface area (Å²) in [5.74, 6) is 1.32. The molecule has 1 heterocycles. The maximum Gasteiger partial charge on any atom is 0.0288 e. The van der Waals surface area contributed by atoms with Gasteiger partial charge in [0.05, 0.1) is 0 Å². The first-order valence-corrected chi connectivity index (χ1v) is 8.82. The van der Waals surface area contributed by atoms with Crippen molar-refractivity contribution >= 4 is 34.4 Å². The Balaban J connectivity index is 2.08. The van der Waals surface area contributed by atoms with Gasteiger partial charge in [-0.2, -0.15) is 11.8 Å². The quantitative estimate of drug-likeness (QED) is 0.778. The van der Waals surface area contributed by atoms with E-state index in [1.165, 1.54) is 27.7 Å². The summed E-state index contributed by atoms with van der Waals surface area (Å²) in [6.45, 7) is 5.71. The molecule has 1 aliphatic rings. The molecule has 1 aromatic rings. The van der Waals surface area contributed by atoms with Gasteiger partial charge in [0, 0.05) is 14.4 Å². The number of benzene rings is 1. The summed E-state index contributed by atoms with van der Waals surface area (Å²) in [4.78, 5) is 0. The maximum atomic E-state index is 3.71. The molecule has 3 heteroatoms. The Hall–Kier alpha value is 0.260. The Bertz CT molecular complexity index is 371. The predicted octanol–water partition coefficient (Wildman–Crippen LogP) is 4.10. The predicted molar refractivity (Wildman–Crippen MR) is 90.4 cm³/mol. The molecule has 0 aliphatic carbocycles. The number of rotatable bonds is 5. The van der Waals surface area contributed by atoms with Crippen molar-refractivity contribution < 1.29 is 0 Å². The molecule has 18 heavy (non-hydrogen) atoms. The Morgan fingerprint density at radius 2 is 2.11 bits per heavy atom. The summed E-state index contributed by atoms with van der Waals surface area (Å²) >= 11 is 4.52. The van der Waals surface area contributed by atoms with E-state index in [0.29, 0.717) is 10.8 Å². The minimum Gasteiger partial charge on any atom is -0.313 e. The Kier molecular flexibility index (Phi) is 5.39. The van der Waals surface area contributed by atoms with Crippen molar-refractivity contribution in [3.8, 4) is 0 Å². The second-order valence-corrected chi connectivity index (χ2v) is 8.08. The molecular formula is C15H22INS. The standard InChI is InChI=1S/C15H22INS/c1-3-17-14(15(2)9-4-10-18-15)11-12-5-7-13(16)8-6-12/h5-8,14,17H,3-4,9-11H2,1-2H3. The van der Waals surface area contributed by atoms with Crippen LogP contribution in [0.4, 0.5) is 0 Å². The molecule has 1 aliphatic heterocycles. The average molecular weight is 375 g/mol. The van der Waals surface area contributed by atoms with Gasteiger partial charge in [-0.3, -0.25) is 0 Å². The third-order valence-corrected chi connectivity index (χ3v) is 6.15. The molecule has 0 bridgehead atoms. The van der Waals surface area contributed by atoms with Gasteiger partial charge >= 0.3 is 0 Å². The average Bonchev–Trinajstić information content (AvgIpc) is 2.80. The van der Waals surface area contributed by atoms with Crippen LogP contribution in [0.2, 0.25) is 0 Å². The lowest BCUT2D eigenvalue weighted by molar-refractivity contribution is 0.406. The molecule has 1 N–H and O–H groups in total. The fourth-order valence-electron chi connectivity index (χ4n) is 2.68. The number of thioether (sulfide) groups is 1. The second-order valence-electron chi connectivity index (χ2n) is 5.21. The van der Waals surface area contributed by atoms with Crippen LogP contribution in [0.5, 0.6) is 0 Å². The van der Waals surface area contributed by atoms with E-state index >= 15 is 0 Å². The third-order valence-electron chi connectivity index (χ3n) is 3.79. The molecule has 1 aromatic carbocycles. The van der Waals surface area contributed by atoms with Gasteiger partial charge in [-0.05, 0) is 78.8 Å². The van der Waals surface area contributed by atoms with Crippen LogP contribution in [-0.2, 0) is 6.42 Å². The lowest BCUT2D eigenvalue weighted by atomic mass is 9.91. The largest absolute Gasteiger partial charge is 0.313 e. The number of likely N-dealkylation sites (N-methyl/N-ethyl adjacent to an activating group) is 1. The van der Waals surface area contributed by atoms with Crippen molar-refractivity contribution in [1.29, 1.82) is 0 Å². The molecule has 1 saturated heterocycles. The minimum atomic E-state index is 0.416. The van der Waals surface area contributed by atoms with Gasteiger partial charge in [0.15, 0.2) is 0 Å². The van der Waals surface area contributed by atoms with Crippen LogP contribution in [0.3, 0.4) is 0 Å². The summed E-state index contributed by atoms with van der Waals surface area (Å²) < 4.78 is 1.73. The lowest BCUT2D eigenvalue weighted by Crippen LogP contribution is -2.46. The highest BCUT2D eigenvalue weighted by atomic mass is 127. The lowest BCUT2D eigenvalue weighted by Gasteiger charge is -2.34. The van der Waals surface area contributed by atoms with Gasteiger partial charge in [0.2, 0.25) is 0 Å². The third kappa shape index (κ3) is 3.64. The Morgan fingerprint density at radius 3 is 2.67 bits per heavy atom. The molecule has 1 fully saturated rings. The van der Waals surface area contributed by atoms with Crippen molar-refractivity contribution in [1.82, 2.24) is 5.32 Å². The van der Waals surface area contributed by atoms with Crippen molar-refractivity contribution in [3.63, 3.8) is 0 Å². The molecule has 2 rings (SSSR count). The molecule has 0 spiro atoms. The fraction of sp³-hybridized carbons (Fsp3) is 0.600. The van der Waals surface area contributed by atoms with Crippen LogP contribution in [0, 0.1) is 3.57 Å². The molecule has 0 aromatic heterocycles. The van der Waals surface area contributed by atoms with Gasteiger partial charge in [0.1, 0.15) is 0 Å². The molecular weight excluding hydrogens is 353 g/mol. The monoisotopic (exact) mass is 375 g/mol.